The third-order valence-corrected chi connectivity index (χ3v) is 2.44. The fourth-order valence-corrected chi connectivity index (χ4v) is 1.50. The van der Waals surface area contributed by atoms with E-state index in [2.05, 4.69) is 9.97 Å². The Morgan fingerprint density at radius 1 is 1.33 bits per heavy atom. The molecule has 2 aromatic rings. The monoisotopic (exact) mass is 244 g/mol. The van der Waals surface area contributed by atoms with E-state index in [1.54, 1.807) is 24.5 Å². The number of ether oxygens (including phenoxy) is 1. The molecule has 0 aromatic carbocycles. The van der Waals surface area contributed by atoms with Crippen molar-refractivity contribution in [3.05, 3.63) is 54.0 Å². The van der Waals surface area contributed by atoms with Gasteiger partial charge in [-0.25, -0.2) is 9.78 Å². The first-order valence-electron chi connectivity index (χ1n) is 5.43. The molecule has 0 spiro atoms. The lowest BCUT2D eigenvalue weighted by atomic mass is 10.2. The van der Waals surface area contributed by atoms with Gasteiger partial charge in [0.15, 0.2) is 0 Å². The number of aromatic nitrogens is 2. The average Bonchev–Trinajstić information content (AvgIpc) is 2.40. The maximum atomic E-state index is 11.0. The molecule has 0 saturated heterocycles. The second kappa shape index (κ2) is 5.27. The average molecular weight is 244 g/mol. The van der Waals surface area contributed by atoms with E-state index in [0.717, 1.165) is 5.56 Å². The second-order valence-corrected chi connectivity index (χ2v) is 3.71. The first-order chi connectivity index (χ1) is 8.68. The first kappa shape index (κ1) is 12.0. The van der Waals surface area contributed by atoms with Gasteiger partial charge in [-0.2, -0.15) is 0 Å². The van der Waals surface area contributed by atoms with Crippen molar-refractivity contribution in [3.8, 4) is 5.88 Å². The van der Waals surface area contributed by atoms with Crippen LogP contribution in [0.1, 0.15) is 28.9 Å². The molecule has 0 amide bonds. The van der Waals surface area contributed by atoms with Gasteiger partial charge in [-0.05, 0) is 25.1 Å². The van der Waals surface area contributed by atoms with Gasteiger partial charge in [0, 0.05) is 24.2 Å². The van der Waals surface area contributed by atoms with Gasteiger partial charge in [0.1, 0.15) is 11.7 Å². The van der Waals surface area contributed by atoms with Crippen LogP contribution in [0.3, 0.4) is 0 Å². The molecular formula is C13H12N2O3. The normalized spacial score (nSPS) is 11.8. The summed E-state index contributed by atoms with van der Waals surface area (Å²) in [5.74, 6) is -0.946. The van der Waals surface area contributed by atoms with Crippen LogP contribution < -0.4 is 4.74 Å². The van der Waals surface area contributed by atoms with Gasteiger partial charge in [0.2, 0.25) is 5.88 Å². The van der Waals surface area contributed by atoms with Crippen LogP contribution in [0.2, 0.25) is 0 Å². The van der Waals surface area contributed by atoms with Crippen molar-refractivity contribution < 1.29 is 14.6 Å². The molecule has 0 aliphatic heterocycles. The quantitative estimate of drug-likeness (QED) is 0.893. The van der Waals surface area contributed by atoms with Crippen LogP contribution in [0.15, 0.2) is 42.9 Å². The van der Waals surface area contributed by atoms with Crippen molar-refractivity contribution in [1.29, 1.82) is 0 Å². The van der Waals surface area contributed by atoms with E-state index >= 15 is 0 Å². The Kier molecular flexibility index (Phi) is 3.52. The molecule has 0 radical (unpaired) electrons. The molecule has 2 aromatic heterocycles. The SMILES string of the molecule is CC(Oc1ncccc1C(=O)O)c1cccnc1. The summed E-state index contributed by atoms with van der Waals surface area (Å²) < 4.78 is 5.56. The minimum absolute atomic E-state index is 0.0493. The molecule has 1 N–H and O–H groups in total. The van der Waals surface area contributed by atoms with Crippen molar-refractivity contribution in [2.24, 2.45) is 0 Å². The summed E-state index contributed by atoms with van der Waals surface area (Å²) >= 11 is 0. The van der Waals surface area contributed by atoms with Crippen LogP contribution in [-0.4, -0.2) is 21.0 Å². The molecule has 5 nitrogen and oxygen atoms in total. The largest absolute Gasteiger partial charge is 0.477 e. The van der Waals surface area contributed by atoms with Crippen LogP contribution in [0, 0.1) is 0 Å². The highest BCUT2D eigenvalue weighted by molar-refractivity contribution is 5.90. The Hall–Kier alpha value is -2.43. The third-order valence-electron chi connectivity index (χ3n) is 2.44. The number of pyridine rings is 2. The molecule has 0 saturated carbocycles. The Morgan fingerprint density at radius 2 is 2.11 bits per heavy atom. The van der Waals surface area contributed by atoms with Gasteiger partial charge < -0.3 is 9.84 Å². The fourth-order valence-electron chi connectivity index (χ4n) is 1.50. The van der Waals surface area contributed by atoms with Crippen LogP contribution in [0.4, 0.5) is 0 Å². The molecule has 1 atom stereocenters. The summed E-state index contributed by atoms with van der Waals surface area (Å²) in [6.07, 6.45) is 4.53. The highest BCUT2D eigenvalue weighted by Gasteiger charge is 2.15. The number of hydrogen-bond acceptors (Lipinski definition) is 4. The summed E-state index contributed by atoms with van der Waals surface area (Å²) in [6.45, 7) is 1.82. The Bertz CT molecular complexity index is 543. The number of carbonyl (C=O) groups is 1. The minimum Gasteiger partial charge on any atom is -0.477 e. The number of aromatic carboxylic acids is 1. The lowest BCUT2D eigenvalue weighted by Gasteiger charge is -2.14. The van der Waals surface area contributed by atoms with E-state index in [1.165, 1.54) is 12.3 Å². The predicted octanol–water partition coefficient (Wildman–Crippen LogP) is 2.31. The van der Waals surface area contributed by atoms with Gasteiger partial charge in [-0.3, -0.25) is 4.98 Å². The maximum absolute atomic E-state index is 11.0. The highest BCUT2D eigenvalue weighted by atomic mass is 16.5. The molecule has 0 fully saturated rings. The third kappa shape index (κ3) is 2.63. The van der Waals surface area contributed by atoms with Crippen molar-refractivity contribution in [2.45, 2.75) is 13.0 Å². The Morgan fingerprint density at radius 3 is 2.78 bits per heavy atom. The molecule has 0 aliphatic rings. The fraction of sp³-hybridized carbons (Fsp3) is 0.154. The lowest BCUT2D eigenvalue weighted by Crippen LogP contribution is -2.09. The van der Waals surface area contributed by atoms with E-state index in [1.807, 2.05) is 13.0 Å². The molecule has 18 heavy (non-hydrogen) atoms. The summed E-state index contributed by atoms with van der Waals surface area (Å²) in [5.41, 5.74) is 0.910. The van der Waals surface area contributed by atoms with Crippen LogP contribution >= 0.6 is 0 Å². The minimum atomic E-state index is -1.06. The smallest absolute Gasteiger partial charge is 0.341 e. The van der Waals surface area contributed by atoms with Crippen LogP contribution in [0.25, 0.3) is 0 Å². The maximum Gasteiger partial charge on any atom is 0.341 e. The van der Waals surface area contributed by atoms with Crippen LogP contribution in [0.5, 0.6) is 5.88 Å². The first-order valence-corrected chi connectivity index (χ1v) is 5.43. The zero-order valence-corrected chi connectivity index (χ0v) is 9.78. The molecule has 5 heteroatoms. The molecule has 92 valence electrons. The Balaban J connectivity index is 2.22. The van der Waals surface area contributed by atoms with Crippen molar-refractivity contribution in [3.63, 3.8) is 0 Å². The molecule has 1 unspecified atom stereocenters. The van der Waals surface area contributed by atoms with E-state index < -0.39 is 5.97 Å². The zero-order chi connectivity index (χ0) is 13.0. The number of rotatable bonds is 4. The Labute approximate surface area is 104 Å². The van der Waals surface area contributed by atoms with Gasteiger partial charge in [0.05, 0.1) is 0 Å². The van der Waals surface area contributed by atoms with Gasteiger partial charge in [-0.15, -0.1) is 0 Å². The highest BCUT2D eigenvalue weighted by Crippen LogP contribution is 2.22. The summed E-state index contributed by atoms with van der Waals surface area (Å²) in [4.78, 5) is 18.9. The van der Waals surface area contributed by atoms with Crippen molar-refractivity contribution in [1.82, 2.24) is 9.97 Å². The number of nitrogens with zero attached hydrogens (tertiary/aromatic N) is 2. The summed E-state index contributed by atoms with van der Waals surface area (Å²) in [7, 11) is 0. The van der Waals surface area contributed by atoms with E-state index in [-0.39, 0.29) is 17.5 Å². The molecule has 0 aliphatic carbocycles. The molecule has 2 rings (SSSR count). The van der Waals surface area contributed by atoms with E-state index in [0.29, 0.717) is 0 Å². The number of carboxylic acid groups (broad SMARTS) is 1. The van der Waals surface area contributed by atoms with Gasteiger partial charge >= 0.3 is 5.97 Å². The molecular weight excluding hydrogens is 232 g/mol. The number of carboxylic acids is 1. The lowest BCUT2D eigenvalue weighted by molar-refractivity contribution is 0.0688. The molecule has 0 bridgehead atoms. The second-order valence-electron chi connectivity index (χ2n) is 3.71. The number of hydrogen-bond donors (Lipinski definition) is 1. The van der Waals surface area contributed by atoms with E-state index in [9.17, 15) is 4.79 Å². The van der Waals surface area contributed by atoms with Gasteiger partial charge in [0.25, 0.3) is 0 Å². The van der Waals surface area contributed by atoms with Crippen LogP contribution in [-0.2, 0) is 0 Å². The van der Waals surface area contributed by atoms with E-state index in [4.69, 9.17) is 9.84 Å². The van der Waals surface area contributed by atoms with Crippen molar-refractivity contribution >= 4 is 5.97 Å². The predicted molar refractivity (Wildman–Crippen MR) is 64.5 cm³/mol. The summed E-state index contributed by atoms with van der Waals surface area (Å²) in [5, 5.41) is 9.02. The summed E-state index contributed by atoms with van der Waals surface area (Å²) in [6, 6.07) is 6.68. The topological polar surface area (TPSA) is 72.3 Å². The zero-order valence-electron chi connectivity index (χ0n) is 9.78. The standard InChI is InChI=1S/C13H12N2O3/c1-9(10-4-2-6-14-8-10)18-12-11(13(16)17)5-3-7-15-12/h2-9H,1H3,(H,16,17). The van der Waals surface area contributed by atoms with Gasteiger partial charge in [-0.1, -0.05) is 6.07 Å². The van der Waals surface area contributed by atoms with Crippen molar-refractivity contribution in [2.75, 3.05) is 0 Å². The molecule has 2 heterocycles.